The summed E-state index contributed by atoms with van der Waals surface area (Å²) in [5.74, 6) is -1.37. The molecule has 0 saturated carbocycles. The van der Waals surface area contributed by atoms with Crippen molar-refractivity contribution >= 4 is 17.6 Å². The molecule has 20 heavy (non-hydrogen) atoms. The lowest BCUT2D eigenvalue weighted by Gasteiger charge is -2.02. The Hall–Kier alpha value is -3.14. The van der Waals surface area contributed by atoms with E-state index in [-0.39, 0.29) is 12.5 Å². The summed E-state index contributed by atoms with van der Waals surface area (Å²) in [5.41, 5.74) is 1.27. The molecule has 0 atom stereocenters. The second-order valence-corrected chi connectivity index (χ2v) is 3.96. The van der Waals surface area contributed by atoms with Gasteiger partial charge in [-0.2, -0.15) is 10.4 Å². The van der Waals surface area contributed by atoms with Crippen molar-refractivity contribution < 1.29 is 14.7 Å². The lowest BCUT2D eigenvalue weighted by Crippen LogP contribution is -2.11. The van der Waals surface area contributed by atoms with Gasteiger partial charge in [0.1, 0.15) is 6.54 Å². The molecule has 1 heterocycles. The minimum absolute atomic E-state index is 0.271. The lowest BCUT2D eigenvalue weighted by molar-refractivity contribution is -0.137. The van der Waals surface area contributed by atoms with Gasteiger partial charge in [-0.15, -0.1) is 0 Å². The second-order valence-electron chi connectivity index (χ2n) is 3.96. The van der Waals surface area contributed by atoms with E-state index in [0.29, 0.717) is 16.8 Å². The molecular weight excluding hydrogens is 260 g/mol. The number of aliphatic carboxylic acids is 1. The molecule has 0 spiro atoms. The summed E-state index contributed by atoms with van der Waals surface area (Å²) in [6.45, 7) is -0.271. The van der Waals surface area contributed by atoms with E-state index in [0.717, 1.165) is 0 Å². The fraction of sp³-hybridized carbons (Fsp3) is 0.0769. The quantitative estimate of drug-likeness (QED) is 0.864. The zero-order chi connectivity index (χ0) is 14.5. The van der Waals surface area contributed by atoms with Gasteiger partial charge in [0.2, 0.25) is 0 Å². The van der Waals surface area contributed by atoms with Crippen LogP contribution in [0.2, 0.25) is 0 Å². The van der Waals surface area contributed by atoms with Crippen LogP contribution < -0.4 is 5.32 Å². The second kappa shape index (κ2) is 5.67. The highest BCUT2D eigenvalue weighted by Gasteiger charge is 2.08. The van der Waals surface area contributed by atoms with E-state index in [9.17, 15) is 9.59 Å². The van der Waals surface area contributed by atoms with Gasteiger partial charge in [-0.3, -0.25) is 14.3 Å². The first kappa shape index (κ1) is 13.3. The van der Waals surface area contributed by atoms with Gasteiger partial charge in [0.15, 0.2) is 0 Å². The molecule has 0 aliphatic carbocycles. The van der Waals surface area contributed by atoms with Crippen LogP contribution >= 0.6 is 0 Å². The van der Waals surface area contributed by atoms with Crippen LogP contribution in [0.3, 0.4) is 0 Å². The molecular formula is C13H10N4O3. The van der Waals surface area contributed by atoms with Crippen molar-refractivity contribution in [3.63, 3.8) is 0 Å². The van der Waals surface area contributed by atoms with E-state index in [4.69, 9.17) is 10.4 Å². The average Bonchev–Trinajstić information content (AvgIpc) is 2.85. The van der Waals surface area contributed by atoms with Crippen LogP contribution in [0.1, 0.15) is 15.9 Å². The fourth-order valence-corrected chi connectivity index (χ4v) is 1.55. The summed E-state index contributed by atoms with van der Waals surface area (Å²) < 4.78 is 1.21. The average molecular weight is 270 g/mol. The molecule has 1 aromatic heterocycles. The van der Waals surface area contributed by atoms with Gasteiger partial charge in [-0.05, 0) is 24.3 Å². The van der Waals surface area contributed by atoms with Crippen LogP contribution in [0.5, 0.6) is 0 Å². The molecule has 7 heteroatoms. The number of hydrogen-bond donors (Lipinski definition) is 2. The minimum Gasteiger partial charge on any atom is -0.480 e. The number of carboxylic acid groups (broad SMARTS) is 1. The monoisotopic (exact) mass is 270 g/mol. The molecule has 0 fully saturated rings. The molecule has 2 aromatic rings. The third-order valence-electron chi connectivity index (χ3n) is 2.46. The SMILES string of the molecule is N#Cc1ccc(C(=O)Nc2cnn(CC(=O)O)c2)cc1. The number of carbonyl (C=O) groups is 2. The fourth-order valence-electron chi connectivity index (χ4n) is 1.55. The zero-order valence-corrected chi connectivity index (χ0v) is 10.3. The summed E-state index contributed by atoms with van der Waals surface area (Å²) in [6, 6.07) is 8.13. The number of benzene rings is 1. The van der Waals surface area contributed by atoms with Gasteiger partial charge in [0.25, 0.3) is 5.91 Å². The number of nitriles is 1. The number of amides is 1. The molecule has 1 amide bonds. The topological polar surface area (TPSA) is 108 Å². The van der Waals surface area contributed by atoms with E-state index in [1.54, 1.807) is 12.1 Å². The van der Waals surface area contributed by atoms with E-state index in [1.165, 1.54) is 29.2 Å². The Labute approximate surface area is 114 Å². The van der Waals surface area contributed by atoms with E-state index in [1.807, 2.05) is 6.07 Å². The smallest absolute Gasteiger partial charge is 0.325 e. The number of aromatic nitrogens is 2. The van der Waals surface area contributed by atoms with Crippen molar-refractivity contribution in [2.24, 2.45) is 0 Å². The molecule has 2 N–H and O–H groups in total. The van der Waals surface area contributed by atoms with Gasteiger partial charge in [0, 0.05) is 11.8 Å². The van der Waals surface area contributed by atoms with Crippen LogP contribution in [0.4, 0.5) is 5.69 Å². The minimum atomic E-state index is -1.02. The summed E-state index contributed by atoms with van der Waals surface area (Å²) in [4.78, 5) is 22.4. The Morgan fingerprint density at radius 2 is 2.05 bits per heavy atom. The van der Waals surface area contributed by atoms with Crippen molar-refractivity contribution in [3.8, 4) is 6.07 Å². The Morgan fingerprint density at radius 1 is 1.35 bits per heavy atom. The third-order valence-corrected chi connectivity index (χ3v) is 2.46. The third kappa shape index (κ3) is 3.20. The molecule has 0 aliphatic heterocycles. The largest absolute Gasteiger partial charge is 0.480 e. The van der Waals surface area contributed by atoms with Crippen molar-refractivity contribution in [2.45, 2.75) is 6.54 Å². The highest BCUT2D eigenvalue weighted by molar-refractivity contribution is 6.04. The number of nitrogens with one attached hydrogen (secondary N) is 1. The van der Waals surface area contributed by atoms with Crippen LogP contribution in [-0.4, -0.2) is 26.8 Å². The van der Waals surface area contributed by atoms with Crippen molar-refractivity contribution in [2.75, 3.05) is 5.32 Å². The van der Waals surface area contributed by atoms with Crippen molar-refractivity contribution in [3.05, 3.63) is 47.8 Å². The number of rotatable bonds is 4. The highest BCUT2D eigenvalue weighted by Crippen LogP contribution is 2.09. The van der Waals surface area contributed by atoms with Gasteiger partial charge in [0.05, 0.1) is 23.5 Å². The zero-order valence-electron chi connectivity index (χ0n) is 10.3. The normalized spacial score (nSPS) is 9.75. The van der Waals surface area contributed by atoms with Crippen LogP contribution in [0.25, 0.3) is 0 Å². The van der Waals surface area contributed by atoms with Gasteiger partial charge >= 0.3 is 5.97 Å². The highest BCUT2D eigenvalue weighted by atomic mass is 16.4. The lowest BCUT2D eigenvalue weighted by atomic mass is 10.1. The van der Waals surface area contributed by atoms with Crippen molar-refractivity contribution in [1.82, 2.24) is 9.78 Å². The van der Waals surface area contributed by atoms with E-state index >= 15 is 0 Å². The first-order chi connectivity index (χ1) is 9.58. The summed E-state index contributed by atoms with van der Waals surface area (Å²) in [5, 5.41) is 23.7. The first-order valence-electron chi connectivity index (χ1n) is 5.64. The molecule has 0 aliphatic rings. The van der Waals surface area contributed by atoms with Gasteiger partial charge in [-0.1, -0.05) is 0 Å². The van der Waals surface area contributed by atoms with Gasteiger partial charge < -0.3 is 10.4 Å². The molecule has 0 bridgehead atoms. The van der Waals surface area contributed by atoms with E-state index in [2.05, 4.69) is 10.4 Å². The Morgan fingerprint density at radius 3 is 2.65 bits per heavy atom. The number of nitrogens with zero attached hydrogens (tertiary/aromatic N) is 3. The molecule has 0 radical (unpaired) electrons. The summed E-state index contributed by atoms with van der Waals surface area (Å²) in [7, 11) is 0. The maximum atomic E-state index is 11.9. The van der Waals surface area contributed by atoms with Crippen LogP contribution in [0.15, 0.2) is 36.7 Å². The molecule has 100 valence electrons. The Balaban J connectivity index is 2.05. The Bertz CT molecular complexity index is 682. The molecule has 7 nitrogen and oxygen atoms in total. The molecule has 0 unspecified atom stereocenters. The summed E-state index contributed by atoms with van der Waals surface area (Å²) in [6.07, 6.45) is 2.79. The number of anilines is 1. The Kier molecular flexibility index (Phi) is 3.77. The maximum Gasteiger partial charge on any atom is 0.325 e. The van der Waals surface area contributed by atoms with Crippen LogP contribution in [0, 0.1) is 11.3 Å². The molecule has 2 rings (SSSR count). The van der Waals surface area contributed by atoms with Gasteiger partial charge in [-0.25, -0.2) is 0 Å². The van der Waals surface area contributed by atoms with Crippen LogP contribution in [-0.2, 0) is 11.3 Å². The predicted octanol–water partition coefficient (Wildman–Crippen LogP) is 1.09. The number of carboxylic acids is 1. The molecule has 0 saturated heterocycles. The maximum absolute atomic E-state index is 11.9. The van der Waals surface area contributed by atoms with Crippen molar-refractivity contribution in [1.29, 1.82) is 5.26 Å². The molecule has 1 aromatic carbocycles. The number of carbonyl (C=O) groups excluding carboxylic acids is 1. The predicted molar refractivity (Wildman–Crippen MR) is 69.0 cm³/mol. The van der Waals surface area contributed by atoms with E-state index < -0.39 is 5.97 Å². The summed E-state index contributed by atoms with van der Waals surface area (Å²) >= 11 is 0. The standard InChI is InChI=1S/C13H10N4O3/c14-5-9-1-3-10(4-2-9)13(20)16-11-6-15-17(7-11)8-12(18)19/h1-4,6-7H,8H2,(H,16,20)(H,18,19). The first-order valence-corrected chi connectivity index (χ1v) is 5.64. The number of hydrogen-bond acceptors (Lipinski definition) is 4.